The minimum atomic E-state index is 0.620. The third kappa shape index (κ3) is 2.22. The highest BCUT2D eigenvalue weighted by Crippen LogP contribution is 2.41. The first-order valence-electron chi connectivity index (χ1n) is 6.87. The van der Waals surface area contributed by atoms with E-state index in [0.29, 0.717) is 5.92 Å². The molecule has 0 saturated heterocycles. The van der Waals surface area contributed by atoms with E-state index < -0.39 is 0 Å². The molecule has 0 amide bonds. The zero-order valence-electron chi connectivity index (χ0n) is 10.3. The molecule has 2 aliphatic rings. The average molecular weight is 224 g/mol. The first-order valence-corrected chi connectivity index (χ1v) is 6.87. The minimum absolute atomic E-state index is 0.620. The Morgan fingerprint density at radius 2 is 1.82 bits per heavy atom. The maximum atomic E-state index is 2.40. The summed E-state index contributed by atoms with van der Waals surface area (Å²) in [4.78, 5) is 0. The van der Waals surface area contributed by atoms with Crippen LogP contribution in [0.15, 0.2) is 54.1 Å². The Bertz CT molecular complexity index is 425. The monoisotopic (exact) mass is 224 g/mol. The predicted octanol–water partition coefficient (Wildman–Crippen LogP) is 4.85. The van der Waals surface area contributed by atoms with E-state index in [1.54, 1.807) is 5.57 Å². The molecule has 0 nitrogen and oxygen atoms in total. The molecule has 2 atom stereocenters. The molecule has 0 N–H and O–H groups in total. The molecular formula is C17H20. The number of rotatable bonds is 1. The van der Waals surface area contributed by atoms with Gasteiger partial charge in [0.05, 0.1) is 0 Å². The van der Waals surface area contributed by atoms with Gasteiger partial charge in [-0.2, -0.15) is 0 Å². The van der Waals surface area contributed by atoms with Crippen molar-refractivity contribution in [1.82, 2.24) is 0 Å². The van der Waals surface area contributed by atoms with Crippen LogP contribution in [0.4, 0.5) is 0 Å². The van der Waals surface area contributed by atoms with Crippen LogP contribution in [0.1, 0.15) is 43.6 Å². The summed E-state index contributed by atoms with van der Waals surface area (Å²) >= 11 is 0. The van der Waals surface area contributed by atoms with Crippen LogP contribution in [-0.4, -0.2) is 0 Å². The standard InChI is InChI=1S/C17H20/c1-3-8-14(9-4-1)17-13-7-11-15-10-5-2-6-12-16(15)17/h1,3-4,7-9,11,13,16-17H,2,5-6,10,12H2/t16-,17-/m1/s1. The van der Waals surface area contributed by atoms with Crippen LogP contribution in [0.25, 0.3) is 0 Å². The highest BCUT2D eigenvalue weighted by Gasteiger charge is 2.27. The van der Waals surface area contributed by atoms with Gasteiger partial charge in [0.15, 0.2) is 0 Å². The average Bonchev–Trinajstić information content (AvgIpc) is 2.64. The van der Waals surface area contributed by atoms with Gasteiger partial charge in [-0.15, -0.1) is 0 Å². The lowest BCUT2D eigenvalue weighted by molar-refractivity contribution is 0.496. The molecule has 0 aliphatic heterocycles. The number of allylic oxidation sites excluding steroid dienone is 4. The van der Waals surface area contributed by atoms with E-state index in [4.69, 9.17) is 0 Å². The summed E-state index contributed by atoms with van der Waals surface area (Å²) in [6.07, 6.45) is 13.9. The van der Waals surface area contributed by atoms with Gasteiger partial charge in [-0.1, -0.05) is 67.0 Å². The SMILES string of the molecule is C1=C[C@H](c2ccccc2)[C@@H]2CCCCCC2=C1. The second-order valence-corrected chi connectivity index (χ2v) is 5.27. The van der Waals surface area contributed by atoms with E-state index in [1.165, 1.54) is 37.7 Å². The molecule has 1 fully saturated rings. The molecule has 0 heterocycles. The molecule has 17 heavy (non-hydrogen) atoms. The minimum Gasteiger partial charge on any atom is -0.0764 e. The van der Waals surface area contributed by atoms with Crippen LogP contribution >= 0.6 is 0 Å². The van der Waals surface area contributed by atoms with Crippen molar-refractivity contribution in [3.8, 4) is 0 Å². The molecule has 1 aromatic rings. The molecule has 0 heteroatoms. The van der Waals surface area contributed by atoms with Crippen LogP contribution in [-0.2, 0) is 0 Å². The summed E-state index contributed by atoms with van der Waals surface area (Å²) < 4.78 is 0. The largest absolute Gasteiger partial charge is 0.0764 e. The summed E-state index contributed by atoms with van der Waals surface area (Å²) in [6, 6.07) is 11.0. The summed E-state index contributed by atoms with van der Waals surface area (Å²) in [5, 5.41) is 0. The Morgan fingerprint density at radius 1 is 0.941 bits per heavy atom. The number of fused-ring (bicyclic) bond motifs is 1. The summed E-state index contributed by atoms with van der Waals surface area (Å²) in [6.45, 7) is 0. The van der Waals surface area contributed by atoms with Crippen LogP contribution < -0.4 is 0 Å². The smallest absolute Gasteiger partial charge is 0.00866 e. The van der Waals surface area contributed by atoms with Crippen molar-refractivity contribution < 1.29 is 0 Å². The van der Waals surface area contributed by atoms with Gasteiger partial charge >= 0.3 is 0 Å². The van der Waals surface area contributed by atoms with Gasteiger partial charge in [-0.05, 0) is 30.7 Å². The lowest BCUT2D eigenvalue weighted by Crippen LogP contribution is -2.15. The van der Waals surface area contributed by atoms with Crippen LogP contribution in [0.3, 0.4) is 0 Å². The number of benzene rings is 1. The highest BCUT2D eigenvalue weighted by molar-refractivity contribution is 5.34. The second kappa shape index (κ2) is 4.91. The second-order valence-electron chi connectivity index (χ2n) is 5.27. The van der Waals surface area contributed by atoms with Crippen molar-refractivity contribution in [2.24, 2.45) is 5.92 Å². The fourth-order valence-electron chi connectivity index (χ4n) is 3.31. The van der Waals surface area contributed by atoms with E-state index in [9.17, 15) is 0 Å². The van der Waals surface area contributed by atoms with Gasteiger partial charge in [-0.3, -0.25) is 0 Å². The van der Waals surface area contributed by atoms with Crippen LogP contribution in [0.2, 0.25) is 0 Å². The van der Waals surface area contributed by atoms with Crippen molar-refractivity contribution in [1.29, 1.82) is 0 Å². The third-order valence-corrected chi connectivity index (χ3v) is 4.20. The fourth-order valence-corrected chi connectivity index (χ4v) is 3.31. The van der Waals surface area contributed by atoms with Crippen molar-refractivity contribution in [2.45, 2.75) is 38.0 Å². The topological polar surface area (TPSA) is 0 Å². The van der Waals surface area contributed by atoms with Crippen molar-refractivity contribution in [3.05, 3.63) is 59.7 Å². The molecule has 0 spiro atoms. The molecule has 88 valence electrons. The first kappa shape index (κ1) is 10.8. The normalized spacial score (nSPS) is 28.1. The molecular weight excluding hydrogens is 204 g/mol. The van der Waals surface area contributed by atoms with E-state index in [-0.39, 0.29) is 0 Å². The van der Waals surface area contributed by atoms with Gasteiger partial charge < -0.3 is 0 Å². The zero-order valence-corrected chi connectivity index (χ0v) is 10.3. The van der Waals surface area contributed by atoms with Crippen molar-refractivity contribution >= 4 is 0 Å². The quantitative estimate of drug-likeness (QED) is 0.640. The van der Waals surface area contributed by atoms with Crippen LogP contribution in [0, 0.1) is 5.92 Å². The van der Waals surface area contributed by atoms with E-state index in [2.05, 4.69) is 48.6 Å². The van der Waals surface area contributed by atoms with Crippen molar-refractivity contribution in [2.75, 3.05) is 0 Å². The summed E-state index contributed by atoms with van der Waals surface area (Å²) in [5.41, 5.74) is 3.18. The van der Waals surface area contributed by atoms with Gasteiger partial charge in [0.1, 0.15) is 0 Å². The first-order chi connectivity index (χ1) is 8.45. The maximum Gasteiger partial charge on any atom is 0.00866 e. The predicted molar refractivity (Wildman–Crippen MR) is 73.0 cm³/mol. The number of hydrogen-bond acceptors (Lipinski definition) is 0. The summed E-state index contributed by atoms with van der Waals surface area (Å²) in [7, 11) is 0. The van der Waals surface area contributed by atoms with E-state index >= 15 is 0 Å². The fraction of sp³-hybridized carbons (Fsp3) is 0.412. The van der Waals surface area contributed by atoms with E-state index in [0.717, 1.165) is 5.92 Å². The molecule has 0 bridgehead atoms. The van der Waals surface area contributed by atoms with Crippen molar-refractivity contribution in [3.63, 3.8) is 0 Å². The zero-order chi connectivity index (χ0) is 11.5. The molecule has 2 aliphatic carbocycles. The Balaban J connectivity index is 1.91. The molecule has 0 radical (unpaired) electrons. The molecule has 0 aromatic heterocycles. The van der Waals surface area contributed by atoms with Crippen LogP contribution in [0.5, 0.6) is 0 Å². The molecule has 3 rings (SSSR count). The Hall–Kier alpha value is -1.30. The maximum absolute atomic E-state index is 2.40. The number of hydrogen-bond donors (Lipinski definition) is 0. The van der Waals surface area contributed by atoms with Gasteiger partial charge in [0, 0.05) is 5.92 Å². The lowest BCUT2D eigenvalue weighted by atomic mass is 9.76. The van der Waals surface area contributed by atoms with Gasteiger partial charge in [-0.25, -0.2) is 0 Å². The Kier molecular flexibility index (Phi) is 3.13. The third-order valence-electron chi connectivity index (χ3n) is 4.20. The molecule has 1 saturated carbocycles. The Morgan fingerprint density at radius 3 is 2.71 bits per heavy atom. The van der Waals surface area contributed by atoms with Gasteiger partial charge in [0.25, 0.3) is 0 Å². The lowest BCUT2D eigenvalue weighted by Gasteiger charge is -2.28. The van der Waals surface area contributed by atoms with E-state index in [1.807, 2.05) is 0 Å². The highest BCUT2D eigenvalue weighted by atomic mass is 14.3. The van der Waals surface area contributed by atoms with Gasteiger partial charge in [0.2, 0.25) is 0 Å². The Labute approximate surface area is 104 Å². The summed E-state index contributed by atoms with van der Waals surface area (Å²) in [5.74, 6) is 1.39. The molecule has 0 unspecified atom stereocenters. The molecule has 1 aromatic carbocycles.